The van der Waals surface area contributed by atoms with Crippen LogP contribution in [0.5, 0.6) is 0 Å². The number of thioether (sulfide) groups is 1. The third kappa shape index (κ3) is 3.96. The van der Waals surface area contributed by atoms with E-state index in [1.165, 1.54) is 43.8 Å². The fraction of sp³-hybridized carbons (Fsp3) is 0.667. The van der Waals surface area contributed by atoms with E-state index < -0.39 is 5.97 Å². The van der Waals surface area contributed by atoms with Gasteiger partial charge in [0.1, 0.15) is 0 Å². The van der Waals surface area contributed by atoms with Gasteiger partial charge in [0.15, 0.2) is 4.34 Å². The van der Waals surface area contributed by atoms with E-state index in [9.17, 15) is 9.90 Å². The van der Waals surface area contributed by atoms with Gasteiger partial charge in [-0.2, -0.15) is 0 Å². The standard InChI is InChI=1S/C12H18N2O2S2/c1-9-10(8-11(15)16)18-12(13-9)17-7-6-14-4-2-3-5-14/h2-8H2,1H3,(H,15,16). The summed E-state index contributed by atoms with van der Waals surface area (Å²) >= 11 is 3.23. The number of aliphatic carboxylic acids is 1. The molecule has 6 heteroatoms. The van der Waals surface area contributed by atoms with Gasteiger partial charge in [-0.25, -0.2) is 4.98 Å². The highest BCUT2D eigenvalue weighted by Gasteiger charge is 2.15. The number of hydrogen-bond acceptors (Lipinski definition) is 5. The van der Waals surface area contributed by atoms with Gasteiger partial charge in [-0.15, -0.1) is 11.3 Å². The Labute approximate surface area is 115 Å². The van der Waals surface area contributed by atoms with Crippen LogP contribution < -0.4 is 10.0 Å². The van der Waals surface area contributed by atoms with Crippen LogP contribution in [0.1, 0.15) is 23.4 Å². The van der Waals surface area contributed by atoms with E-state index in [0.717, 1.165) is 20.7 Å². The maximum absolute atomic E-state index is 10.6. The van der Waals surface area contributed by atoms with Crippen LogP contribution in [0.2, 0.25) is 0 Å². The molecule has 2 rings (SSSR count). The molecule has 0 saturated carbocycles. The van der Waals surface area contributed by atoms with Crippen LogP contribution >= 0.6 is 23.1 Å². The molecule has 1 aromatic heterocycles. The van der Waals surface area contributed by atoms with E-state index in [2.05, 4.69) is 4.98 Å². The van der Waals surface area contributed by atoms with E-state index in [4.69, 9.17) is 0 Å². The van der Waals surface area contributed by atoms with Crippen molar-refractivity contribution in [2.45, 2.75) is 30.5 Å². The molecule has 4 nitrogen and oxygen atoms in total. The van der Waals surface area contributed by atoms with Gasteiger partial charge in [0.25, 0.3) is 0 Å². The quantitative estimate of drug-likeness (QED) is 0.717. The average molecular weight is 286 g/mol. The molecular formula is C12H18N2O2S2. The maximum atomic E-state index is 10.6. The Balaban J connectivity index is 1.80. The predicted octanol–water partition coefficient (Wildman–Crippen LogP) is -0.485. The van der Waals surface area contributed by atoms with Crippen molar-refractivity contribution in [3.63, 3.8) is 0 Å². The summed E-state index contributed by atoms with van der Waals surface area (Å²) in [5.41, 5.74) is 0.834. The smallest absolute Gasteiger partial charge is 0.150 e. The molecule has 1 aliphatic heterocycles. The lowest BCUT2D eigenvalue weighted by molar-refractivity contribution is -0.884. The van der Waals surface area contributed by atoms with Gasteiger partial charge in [-0.05, 0) is 6.92 Å². The molecule has 0 aliphatic carbocycles. The zero-order valence-corrected chi connectivity index (χ0v) is 12.2. The van der Waals surface area contributed by atoms with Crippen molar-refractivity contribution in [3.05, 3.63) is 10.6 Å². The Morgan fingerprint density at radius 1 is 1.50 bits per heavy atom. The minimum atomic E-state index is -1.03. The molecule has 0 atom stereocenters. The van der Waals surface area contributed by atoms with Crippen LogP contribution in [0.4, 0.5) is 0 Å². The summed E-state index contributed by atoms with van der Waals surface area (Å²) in [6.07, 6.45) is 2.69. The van der Waals surface area contributed by atoms with Gasteiger partial charge >= 0.3 is 0 Å². The molecule has 0 amide bonds. The van der Waals surface area contributed by atoms with Crippen molar-refractivity contribution < 1.29 is 14.8 Å². The number of rotatable bonds is 6. The number of hydrogen-bond donors (Lipinski definition) is 1. The van der Waals surface area contributed by atoms with Crippen molar-refractivity contribution >= 4 is 29.1 Å². The summed E-state index contributed by atoms with van der Waals surface area (Å²) < 4.78 is 0.988. The Kier molecular flexibility index (Phi) is 5.03. The third-order valence-corrected chi connectivity index (χ3v) is 5.47. The van der Waals surface area contributed by atoms with E-state index in [1.54, 1.807) is 16.7 Å². The fourth-order valence-corrected chi connectivity index (χ4v) is 4.50. The number of thiazole rings is 1. The Hall–Kier alpha value is -0.590. The molecule has 2 heterocycles. The lowest BCUT2D eigenvalue weighted by Crippen LogP contribution is -3.10. The lowest BCUT2D eigenvalue weighted by atomic mass is 10.3. The zero-order valence-electron chi connectivity index (χ0n) is 10.5. The first-order chi connectivity index (χ1) is 8.65. The highest BCUT2D eigenvalue weighted by atomic mass is 32.2. The summed E-state index contributed by atoms with van der Waals surface area (Å²) in [6.45, 7) is 5.64. The lowest BCUT2D eigenvalue weighted by Gasteiger charge is -2.10. The molecule has 0 unspecified atom stereocenters. The molecular weight excluding hydrogens is 268 g/mol. The topological polar surface area (TPSA) is 57.5 Å². The second-order valence-electron chi connectivity index (χ2n) is 4.59. The monoisotopic (exact) mass is 286 g/mol. The number of nitrogens with one attached hydrogen (secondary N) is 1. The summed E-state index contributed by atoms with van der Waals surface area (Å²) in [5.74, 6) is 0.0346. The minimum absolute atomic E-state index is 0.0125. The van der Waals surface area contributed by atoms with Gasteiger partial charge in [-0.3, -0.25) is 0 Å². The number of aryl methyl sites for hydroxylation is 1. The molecule has 18 heavy (non-hydrogen) atoms. The number of carboxylic acids is 1. The highest BCUT2D eigenvalue weighted by Crippen LogP contribution is 2.26. The Morgan fingerprint density at radius 3 is 2.89 bits per heavy atom. The fourth-order valence-electron chi connectivity index (χ4n) is 2.17. The highest BCUT2D eigenvalue weighted by molar-refractivity contribution is 8.01. The first-order valence-corrected chi connectivity index (χ1v) is 8.08. The van der Waals surface area contributed by atoms with Crippen LogP contribution in [0, 0.1) is 6.92 Å². The van der Waals surface area contributed by atoms with Crippen molar-refractivity contribution in [1.82, 2.24) is 4.98 Å². The Bertz CT molecular complexity index is 414. The van der Waals surface area contributed by atoms with Gasteiger partial charge in [-0.1, -0.05) is 11.8 Å². The van der Waals surface area contributed by atoms with Crippen LogP contribution in [-0.2, 0) is 11.2 Å². The number of nitrogens with zero attached hydrogens (tertiary/aromatic N) is 1. The van der Waals surface area contributed by atoms with E-state index in [1.807, 2.05) is 6.92 Å². The number of aromatic nitrogens is 1. The maximum Gasteiger partial charge on any atom is 0.150 e. The molecule has 0 spiro atoms. The van der Waals surface area contributed by atoms with Gasteiger partial charge < -0.3 is 14.8 Å². The second-order valence-corrected chi connectivity index (χ2v) is 7.02. The SMILES string of the molecule is Cc1nc(SCC[NH+]2CCCC2)sc1CC(=O)[O-]. The largest absolute Gasteiger partial charge is 0.550 e. The van der Waals surface area contributed by atoms with Crippen LogP contribution in [0.3, 0.4) is 0 Å². The molecule has 0 aromatic carbocycles. The third-order valence-electron chi connectivity index (χ3n) is 3.17. The zero-order chi connectivity index (χ0) is 13.0. The van der Waals surface area contributed by atoms with E-state index >= 15 is 0 Å². The number of quaternary nitrogens is 1. The summed E-state index contributed by atoms with van der Waals surface area (Å²) in [6, 6.07) is 0. The van der Waals surface area contributed by atoms with Gasteiger partial charge in [0.2, 0.25) is 0 Å². The van der Waals surface area contributed by atoms with E-state index in [-0.39, 0.29) is 6.42 Å². The molecule has 0 radical (unpaired) electrons. The van der Waals surface area contributed by atoms with Crippen molar-refractivity contribution in [3.8, 4) is 0 Å². The number of likely N-dealkylation sites (tertiary alicyclic amines) is 1. The van der Waals surface area contributed by atoms with Crippen LogP contribution in [0.25, 0.3) is 0 Å². The molecule has 1 aliphatic rings. The number of carboxylic acid groups (broad SMARTS) is 1. The normalized spacial score (nSPS) is 16.3. The number of carbonyl (C=O) groups is 1. The average Bonchev–Trinajstić information content (AvgIpc) is 2.90. The summed E-state index contributed by atoms with van der Waals surface area (Å²) in [5, 5.41) is 10.6. The van der Waals surface area contributed by atoms with Gasteiger partial charge in [0.05, 0.1) is 25.3 Å². The first kappa shape index (κ1) is 13.8. The van der Waals surface area contributed by atoms with E-state index in [0.29, 0.717) is 0 Å². The first-order valence-electron chi connectivity index (χ1n) is 6.27. The van der Waals surface area contributed by atoms with Crippen molar-refractivity contribution in [1.29, 1.82) is 0 Å². The number of carbonyl (C=O) groups excluding carboxylic acids is 1. The molecule has 1 saturated heterocycles. The van der Waals surface area contributed by atoms with Gasteiger partial charge in [0, 0.05) is 35.9 Å². The molecule has 0 bridgehead atoms. The minimum Gasteiger partial charge on any atom is -0.550 e. The molecule has 1 aromatic rings. The van der Waals surface area contributed by atoms with Crippen molar-refractivity contribution in [2.75, 3.05) is 25.4 Å². The predicted molar refractivity (Wildman–Crippen MR) is 71.1 cm³/mol. The summed E-state index contributed by atoms with van der Waals surface area (Å²) in [7, 11) is 0. The van der Waals surface area contributed by atoms with Crippen LogP contribution in [-0.4, -0.2) is 36.3 Å². The molecule has 1 fully saturated rings. The Morgan fingerprint density at radius 2 is 2.22 bits per heavy atom. The van der Waals surface area contributed by atoms with Crippen molar-refractivity contribution in [2.24, 2.45) is 0 Å². The molecule has 1 N–H and O–H groups in total. The molecule has 100 valence electrons. The second kappa shape index (κ2) is 6.54. The summed E-state index contributed by atoms with van der Waals surface area (Å²) in [4.78, 5) is 17.5. The van der Waals surface area contributed by atoms with Crippen LogP contribution in [0.15, 0.2) is 4.34 Å².